The quantitative estimate of drug-likeness (QED) is 0.0584. The number of aryl methyl sites for hydroxylation is 2. The number of rotatable bonds is 16. The first-order chi connectivity index (χ1) is 30.2. The van der Waals surface area contributed by atoms with Gasteiger partial charge in [0.2, 0.25) is 0 Å². The van der Waals surface area contributed by atoms with Crippen molar-refractivity contribution in [2.75, 3.05) is 0 Å². The average molecular weight is 1020 g/mol. The average Bonchev–Trinajstić information content (AvgIpc) is 3.92. The van der Waals surface area contributed by atoms with Gasteiger partial charge in [-0.2, -0.15) is 11.1 Å². The van der Waals surface area contributed by atoms with Crippen LogP contribution in [0.25, 0.3) is 0 Å². The van der Waals surface area contributed by atoms with E-state index in [9.17, 15) is 14.7 Å². The summed E-state index contributed by atoms with van der Waals surface area (Å²) in [6, 6.07) is 20.8. The highest BCUT2D eigenvalue weighted by Gasteiger charge is 2.51. The van der Waals surface area contributed by atoms with Crippen LogP contribution in [0.1, 0.15) is 91.2 Å². The Bertz CT molecular complexity index is 1830. The molecule has 2 saturated heterocycles. The zero-order valence-electron chi connectivity index (χ0n) is 40.7. The molecule has 0 bridgehead atoms. The van der Waals surface area contributed by atoms with E-state index in [1.54, 1.807) is 0 Å². The van der Waals surface area contributed by atoms with Crippen molar-refractivity contribution in [3.63, 3.8) is 0 Å². The van der Waals surface area contributed by atoms with E-state index in [0.29, 0.717) is 24.3 Å². The van der Waals surface area contributed by atoms with E-state index in [2.05, 4.69) is 159 Å². The van der Waals surface area contributed by atoms with Crippen LogP contribution in [0.4, 0.5) is 0 Å². The van der Waals surface area contributed by atoms with E-state index >= 15 is 0 Å². The number of benzene rings is 2. The normalized spacial score (nSPS) is 26.4. The van der Waals surface area contributed by atoms with Gasteiger partial charge in [-0.3, -0.25) is 9.59 Å². The minimum Gasteiger partial charge on any atom is -0.462 e. The fraction of sp³-hybridized carbons (Fsp3) is 0.625. The van der Waals surface area contributed by atoms with Crippen molar-refractivity contribution < 1.29 is 37.9 Å². The Morgan fingerprint density at radius 2 is 1.11 bits per heavy atom. The fourth-order valence-corrected chi connectivity index (χ4v) is 10.4. The number of aliphatic hydroxyl groups is 1. The van der Waals surface area contributed by atoms with Gasteiger partial charge >= 0.3 is 24.6 Å². The van der Waals surface area contributed by atoms with Crippen molar-refractivity contribution in [3.8, 4) is 0 Å². The summed E-state index contributed by atoms with van der Waals surface area (Å²) in [4.78, 5) is 23.5. The number of hydrogen-bond donors (Lipinski definition) is 1. The van der Waals surface area contributed by atoms with Crippen LogP contribution in [0.15, 0.2) is 85.0 Å². The Hall–Kier alpha value is -0.726. The van der Waals surface area contributed by atoms with Gasteiger partial charge in [0.05, 0.1) is 37.3 Å². The molecule has 2 aromatic rings. The Balaban J connectivity index is 0.000000249. The summed E-state index contributed by atoms with van der Waals surface area (Å²) in [5.74, 6) is 0.417. The first kappa shape index (κ1) is 56.9. The van der Waals surface area contributed by atoms with Crippen LogP contribution in [-0.4, -0.2) is 82.1 Å². The number of carbonyl (C=O) groups is 2. The summed E-state index contributed by atoms with van der Waals surface area (Å²) in [7, 11) is 7.27. The van der Waals surface area contributed by atoms with Crippen LogP contribution >= 0.6 is 47.6 Å². The van der Waals surface area contributed by atoms with Crippen molar-refractivity contribution in [2.45, 2.75) is 166 Å². The Morgan fingerprint density at radius 3 is 1.49 bits per heavy atom. The predicted molar refractivity (Wildman–Crippen MR) is 291 cm³/mol. The number of hydrogen-bond acceptors (Lipinski definition) is 8. The second-order valence-corrected chi connectivity index (χ2v) is 37.4. The molecule has 2 aliphatic heterocycles. The first-order valence-corrected chi connectivity index (χ1v) is 33.0. The van der Waals surface area contributed by atoms with E-state index < -0.39 is 21.8 Å². The standard InChI is InChI=1S/C24H39BO4P2Si.C18H25BO4P2.C6H15ClSi/c1-24(2,3)32(4,5)29-18(12-11-17-9-7-6-8-10-17)13-14-19-20-15-23(26)27-21(20)16-22(19)28-25(30)31;20-13(7-6-12-4-2-1-3-5-12)8-9-14-15-10-18(21)22-16(15)11-17(14)23-19(24)25;1-6(2,3)8(4,5)7/h6-10,13-14,18-22H,11-12,15-16,30-31H2,1-5H3;1-5,8-9,13-17,20H,6-7,10-11,24-25H2;1-5H3/b14-13+;9-8+;/t18-,19+,20+,21-,22+;13-,14+,15+,16-,17+;/m00./s1. The smallest absolute Gasteiger partial charge is 0.336 e. The molecule has 2 aliphatic carbocycles. The van der Waals surface area contributed by atoms with Crippen LogP contribution in [0.2, 0.25) is 36.3 Å². The summed E-state index contributed by atoms with van der Waals surface area (Å²) in [5.41, 5.74) is 2.55. The molecule has 360 valence electrons. The monoisotopic (exact) mass is 1020 g/mol. The predicted octanol–water partition coefficient (Wildman–Crippen LogP) is 11.5. The van der Waals surface area contributed by atoms with Crippen LogP contribution in [-0.2, 0) is 45.6 Å². The summed E-state index contributed by atoms with van der Waals surface area (Å²) in [6.45, 7) is 22.4. The van der Waals surface area contributed by atoms with Gasteiger partial charge in [-0.15, -0.1) is 36.5 Å². The van der Waals surface area contributed by atoms with Crippen LogP contribution in [0, 0.1) is 23.7 Å². The maximum absolute atomic E-state index is 11.9. The highest BCUT2D eigenvalue weighted by molar-refractivity contribution is 7.92. The van der Waals surface area contributed by atoms with Gasteiger partial charge in [-0.25, -0.2) is 0 Å². The van der Waals surface area contributed by atoms with E-state index in [0.717, 1.165) is 32.1 Å². The Kier molecular flexibility index (Phi) is 22.2. The van der Waals surface area contributed by atoms with Gasteiger partial charge in [0.25, 0.3) is 0 Å². The molecule has 2 heterocycles. The molecule has 4 aliphatic rings. The van der Waals surface area contributed by atoms with E-state index in [1.165, 1.54) is 11.1 Å². The van der Waals surface area contributed by atoms with Gasteiger partial charge in [-0.05, 0) is 60.0 Å². The molecule has 0 amide bonds. The van der Waals surface area contributed by atoms with Crippen molar-refractivity contribution in [2.24, 2.45) is 23.7 Å². The highest BCUT2D eigenvalue weighted by atomic mass is 35.6. The largest absolute Gasteiger partial charge is 0.462 e. The maximum Gasteiger partial charge on any atom is 0.336 e. The third kappa shape index (κ3) is 18.2. The fourth-order valence-electron chi connectivity index (χ4n) is 8.29. The SMILES string of the molecule is CC(C)(C)[Si](C)(C)Cl.CC(C)(C)[Si](C)(C)O[C@H](/C=C/[C@@H]1[C@H]2CC(=O)O[C@H]2C[C@H]1OB(P)P)CCc1ccccc1.O=C1C[C@@H]2[C@@H](/C=C/[C@@H](O)CCc3ccccc3)[C@H](OB(P)P)C[C@@H]2O1. The third-order valence-electron chi connectivity index (χ3n) is 14.0. The van der Waals surface area contributed by atoms with Crippen LogP contribution < -0.4 is 0 Å². The van der Waals surface area contributed by atoms with E-state index in [-0.39, 0.29) is 83.9 Å². The topological polar surface area (TPSA) is 101 Å². The number of halogens is 1. The molecule has 0 spiro atoms. The molecular formula is C48H79B2ClO8P4Si2. The molecule has 17 heteroatoms. The van der Waals surface area contributed by atoms with Crippen molar-refractivity contribution >= 4 is 87.9 Å². The minimum atomic E-state index is -1.93. The summed E-state index contributed by atoms with van der Waals surface area (Å²) >= 11 is 6.15. The molecule has 2 saturated carbocycles. The summed E-state index contributed by atoms with van der Waals surface area (Å²) in [5, 5.41) is 10.8. The lowest BCUT2D eigenvalue weighted by molar-refractivity contribution is -0.142. The molecule has 14 atom stereocenters. The lowest BCUT2D eigenvalue weighted by Gasteiger charge is -2.39. The van der Waals surface area contributed by atoms with E-state index in [4.69, 9.17) is 34.3 Å². The lowest BCUT2D eigenvalue weighted by Crippen LogP contribution is -2.43. The van der Waals surface area contributed by atoms with Gasteiger partial charge in [0, 0.05) is 36.5 Å². The molecule has 4 unspecified atom stereocenters. The molecule has 4 fully saturated rings. The second-order valence-electron chi connectivity index (χ2n) is 21.2. The first-order valence-electron chi connectivity index (χ1n) is 23.5. The van der Waals surface area contributed by atoms with Gasteiger partial charge in [0.15, 0.2) is 15.7 Å². The molecule has 1 N–H and O–H groups in total. The molecule has 0 radical (unpaired) electrons. The number of esters is 2. The molecule has 2 aromatic carbocycles. The Labute approximate surface area is 409 Å². The number of carbonyl (C=O) groups excluding carboxylic acids is 2. The zero-order chi connectivity index (χ0) is 48.3. The maximum atomic E-state index is 11.9. The molecule has 6 rings (SSSR count). The Morgan fingerprint density at radius 1 is 0.708 bits per heavy atom. The summed E-state index contributed by atoms with van der Waals surface area (Å²) in [6.07, 6.45) is 13.7. The van der Waals surface area contributed by atoms with Gasteiger partial charge < -0.3 is 28.3 Å². The highest BCUT2D eigenvalue weighted by Crippen LogP contribution is 2.46. The minimum absolute atomic E-state index is 0.0113. The zero-order valence-corrected chi connectivity index (χ0v) is 48.0. The molecule has 8 nitrogen and oxygen atoms in total. The molecular weight excluding hydrogens is 942 g/mol. The summed E-state index contributed by atoms with van der Waals surface area (Å²) < 4.78 is 29.9. The van der Waals surface area contributed by atoms with E-state index in [1.807, 2.05) is 30.4 Å². The lowest BCUT2D eigenvalue weighted by atomic mass is 9.91. The second kappa shape index (κ2) is 25.4. The molecule has 0 aromatic heterocycles. The number of ether oxygens (including phenoxy) is 2. The van der Waals surface area contributed by atoms with Crippen molar-refractivity contribution in [1.29, 1.82) is 0 Å². The number of fused-ring (bicyclic) bond motifs is 2. The van der Waals surface area contributed by atoms with Gasteiger partial charge in [-0.1, -0.05) is 140 Å². The number of aliphatic hydroxyl groups excluding tert-OH is 1. The van der Waals surface area contributed by atoms with Crippen LogP contribution in [0.5, 0.6) is 0 Å². The van der Waals surface area contributed by atoms with Crippen molar-refractivity contribution in [3.05, 3.63) is 96.1 Å². The van der Waals surface area contributed by atoms with Crippen LogP contribution in [0.3, 0.4) is 0 Å². The van der Waals surface area contributed by atoms with Crippen molar-refractivity contribution in [1.82, 2.24) is 0 Å². The third-order valence-corrected chi connectivity index (χ3v) is 24.4. The molecule has 65 heavy (non-hydrogen) atoms. The van der Waals surface area contributed by atoms with Gasteiger partial charge in [0.1, 0.15) is 12.2 Å².